The highest BCUT2D eigenvalue weighted by Crippen LogP contribution is 2.39. The van der Waals surface area contributed by atoms with Crippen molar-refractivity contribution in [3.8, 4) is 5.75 Å². The molecule has 0 fully saturated rings. The highest BCUT2D eigenvalue weighted by Gasteiger charge is 2.33. The van der Waals surface area contributed by atoms with Crippen molar-refractivity contribution in [2.24, 2.45) is 0 Å². The first-order valence-corrected chi connectivity index (χ1v) is 7.89. The Morgan fingerprint density at radius 2 is 1.88 bits per heavy atom. The lowest BCUT2D eigenvalue weighted by molar-refractivity contribution is -0.140. The second-order valence-corrected chi connectivity index (χ2v) is 5.92. The normalized spacial score (nSPS) is 14.5. The molecule has 0 saturated carbocycles. The molecule has 1 aliphatic heterocycles. The first-order chi connectivity index (χ1) is 11.4. The van der Waals surface area contributed by atoms with Crippen molar-refractivity contribution in [3.05, 3.63) is 32.9 Å². The molecule has 0 radical (unpaired) electrons. The number of benzene rings is 1. The Balaban J connectivity index is 2.61. The van der Waals surface area contributed by atoms with Crippen LogP contribution in [0.4, 0.5) is 5.69 Å². The molecule has 0 bridgehead atoms. The van der Waals surface area contributed by atoms with Gasteiger partial charge in [-0.3, -0.25) is 0 Å². The minimum atomic E-state index is -0.683. The lowest BCUT2D eigenvalue weighted by atomic mass is 10.1. The monoisotopic (exact) mass is 419 g/mol. The number of hydrogen-bond acceptors (Lipinski definition) is 7. The van der Waals surface area contributed by atoms with E-state index in [2.05, 4.69) is 15.9 Å². The Kier molecular flexibility index (Phi) is 6.09. The lowest BCUT2D eigenvalue weighted by Gasteiger charge is -2.32. The molecule has 0 aliphatic carbocycles. The summed E-state index contributed by atoms with van der Waals surface area (Å²) in [7, 11) is 3.95. The Hall–Kier alpha value is -1.77. The van der Waals surface area contributed by atoms with Crippen LogP contribution >= 0.6 is 27.5 Å². The Labute approximate surface area is 152 Å². The molecule has 7 nitrogen and oxygen atoms in total. The van der Waals surface area contributed by atoms with Crippen LogP contribution in [0.3, 0.4) is 0 Å². The molecule has 0 amide bonds. The maximum Gasteiger partial charge on any atom is 0.355 e. The zero-order chi connectivity index (χ0) is 17.9. The summed E-state index contributed by atoms with van der Waals surface area (Å²) in [5.74, 6) is -0.893. The van der Waals surface area contributed by atoms with Gasteiger partial charge in [0, 0.05) is 4.47 Å². The van der Waals surface area contributed by atoms with E-state index in [4.69, 9.17) is 30.5 Å². The summed E-state index contributed by atoms with van der Waals surface area (Å²) in [6.07, 6.45) is 0. The van der Waals surface area contributed by atoms with Crippen LogP contribution in [0.5, 0.6) is 5.75 Å². The van der Waals surface area contributed by atoms with Crippen molar-refractivity contribution >= 4 is 45.2 Å². The van der Waals surface area contributed by atoms with E-state index in [1.54, 1.807) is 12.1 Å². The van der Waals surface area contributed by atoms with Crippen LogP contribution < -0.4 is 9.64 Å². The van der Waals surface area contributed by atoms with Gasteiger partial charge in [-0.15, -0.1) is 0 Å². The van der Waals surface area contributed by atoms with Crippen LogP contribution in [0.1, 0.15) is 0 Å². The zero-order valence-electron chi connectivity index (χ0n) is 13.2. The molecule has 1 heterocycles. The molecule has 24 heavy (non-hydrogen) atoms. The Bertz CT molecular complexity index is 705. The summed E-state index contributed by atoms with van der Waals surface area (Å²) in [5.41, 5.74) is 0.620. The fourth-order valence-electron chi connectivity index (χ4n) is 2.22. The summed E-state index contributed by atoms with van der Waals surface area (Å²) >= 11 is 9.57. The van der Waals surface area contributed by atoms with Crippen molar-refractivity contribution in [2.45, 2.75) is 0 Å². The van der Waals surface area contributed by atoms with Crippen molar-refractivity contribution < 1.29 is 28.5 Å². The molecular formula is C15H15BrClNO6. The van der Waals surface area contributed by atoms with Gasteiger partial charge in [0.2, 0.25) is 0 Å². The average molecular weight is 421 g/mol. The maximum atomic E-state index is 12.2. The molecule has 0 atom stereocenters. The van der Waals surface area contributed by atoms with Gasteiger partial charge in [-0.05, 0) is 28.1 Å². The fourth-order valence-corrected chi connectivity index (χ4v) is 2.99. The molecule has 0 unspecified atom stereocenters. The molecular weight excluding hydrogens is 406 g/mol. The van der Waals surface area contributed by atoms with E-state index >= 15 is 0 Å². The quantitative estimate of drug-likeness (QED) is 0.693. The molecule has 0 aromatic heterocycles. The summed E-state index contributed by atoms with van der Waals surface area (Å²) in [5, 5.41) is 0.338. The van der Waals surface area contributed by atoms with Crippen LogP contribution in [-0.2, 0) is 23.8 Å². The second kappa shape index (κ2) is 7.87. The van der Waals surface area contributed by atoms with E-state index in [9.17, 15) is 9.59 Å². The topological polar surface area (TPSA) is 74.3 Å². The minimum Gasteiger partial charge on any atom is -0.495 e. The third-order valence-corrected chi connectivity index (χ3v) is 4.28. The van der Waals surface area contributed by atoms with Gasteiger partial charge in [0.15, 0.2) is 0 Å². The number of carbonyl (C=O) groups excluding carboxylic acids is 2. The third-order valence-electron chi connectivity index (χ3n) is 3.35. The molecule has 130 valence electrons. The molecule has 0 spiro atoms. The maximum absolute atomic E-state index is 12.2. The summed E-state index contributed by atoms with van der Waals surface area (Å²) in [4.78, 5) is 25.7. The van der Waals surface area contributed by atoms with E-state index in [0.29, 0.717) is 20.9 Å². The number of methoxy groups -OCH3 is 3. The lowest BCUT2D eigenvalue weighted by Crippen LogP contribution is -2.39. The molecule has 1 aliphatic rings. The summed E-state index contributed by atoms with van der Waals surface area (Å²) in [6, 6.07) is 3.25. The average Bonchev–Trinajstić information content (AvgIpc) is 2.61. The molecule has 0 N–H and O–H groups in total. The van der Waals surface area contributed by atoms with Gasteiger partial charge in [0.1, 0.15) is 18.2 Å². The van der Waals surface area contributed by atoms with Crippen molar-refractivity contribution in [1.82, 2.24) is 0 Å². The van der Waals surface area contributed by atoms with Crippen molar-refractivity contribution in [1.29, 1.82) is 0 Å². The second-order valence-electron chi connectivity index (χ2n) is 4.65. The van der Waals surface area contributed by atoms with Gasteiger partial charge in [0.05, 0.1) is 44.2 Å². The predicted molar refractivity (Wildman–Crippen MR) is 90.1 cm³/mol. The fraction of sp³-hybridized carbons (Fsp3) is 0.333. The minimum absolute atomic E-state index is 0.0339. The highest BCUT2D eigenvalue weighted by atomic mass is 79.9. The van der Waals surface area contributed by atoms with E-state index in [0.717, 1.165) is 0 Å². The summed E-state index contributed by atoms with van der Waals surface area (Å²) in [6.45, 7) is -0.0265. The van der Waals surface area contributed by atoms with Gasteiger partial charge < -0.3 is 23.8 Å². The number of ether oxygens (including phenoxy) is 4. The van der Waals surface area contributed by atoms with Gasteiger partial charge >= 0.3 is 11.9 Å². The van der Waals surface area contributed by atoms with Gasteiger partial charge in [-0.25, -0.2) is 9.59 Å². The smallest absolute Gasteiger partial charge is 0.355 e. The molecule has 9 heteroatoms. The van der Waals surface area contributed by atoms with Crippen LogP contribution in [0.25, 0.3) is 0 Å². The number of rotatable bonds is 4. The number of halogens is 2. The number of anilines is 1. The molecule has 1 aromatic rings. The van der Waals surface area contributed by atoms with Crippen LogP contribution in [-0.4, -0.2) is 46.6 Å². The third kappa shape index (κ3) is 3.50. The Morgan fingerprint density at radius 3 is 2.46 bits per heavy atom. The van der Waals surface area contributed by atoms with Crippen molar-refractivity contribution in [2.75, 3.05) is 39.6 Å². The van der Waals surface area contributed by atoms with E-state index in [1.165, 1.54) is 26.2 Å². The molecule has 1 aromatic carbocycles. The Morgan fingerprint density at radius 1 is 1.21 bits per heavy atom. The SMILES string of the molecule is COC(=O)C1=C(C(=O)OC)N(c2cc(Cl)c(OC)cc2Br)COC1. The number of esters is 2. The number of nitrogens with zero attached hydrogens (tertiary/aromatic N) is 1. The van der Waals surface area contributed by atoms with E-state index < -0.39 is 11.9 Å². The van der Waals surface area contributed by atoms with Gasteiger partial charge in [0.25, 0.3) is 0 Å². The van der Waals surface area contributed by atoms with Crippen LogP contribution in [0, 0.1) is 0 Å². The van der Waals surface area contributed by atoms with Gasteiger partial charge in [-0.2, -0.15) is 0 Å². The largest absolute Gasteiger partial charge is 0.495 e. The molecule has 0 saturated heterocycles. The number of hydrogen-bond donors (Lipinski definition) is 0. The first kappa shape index (κ1) is 18.6. The highest BCUT2D eigenvalue weighted by molar-refractivity contribution is 9.10. The van der Waals surface area contributed by atoms with E-state index in [1.807, 2.05) is 0 Å². The zero-order valence-corrected chi connectivity index (χ0v) is 15.6. The van der Waals surface area contributed by atoms with E-state index in [-0.39, 0.29) is 24.6 Å². The first-order valence-electron chi connectivity index (χ1n) is 6.72. The van der Waals surface area contributed by atoms with Gasteiger partial charge in [-0.1, -0.05) is 11.6 Å². The predicted octanol–water partition coefficient (Wildman–Crippen LogP) is 2.51. The number of carbonyl (C=O) groups is 2. The van der Waals surface area contributed by atoms with Crippen LogP contribution in [0.15, 0.2) is 27.9 Å². The van der Waals surface area contributed by atoms with Crippen molar-refractivity contribution in [3.63, 3.8) is 0 Å². The standard InChI is InChI=1S/C15H15BrClNO6/c1-21-12-4-9(16)11(5-10(12)17)18-7-24-6-8(14(19)22-2)13(18)15(20)23-3/h4-5H,6-7H2,1-3H3. The summed E-state index contributed by atoms with van der Waals surface area (Å²) < 4.78 is 20.7. The van der Waals surface area contributed by atoms with Crippen LogP contribution in [0.2, 0.25) is 5.02 Å². The molecule has 2 rings (SSSR count).